The molecule has 0 aromatic carbocycles. The minimum atomic E-state index is -0.545. The van der Waals surface area contributed by atoms with Crippen LogP contribution in [-0.4, -0.2) is 25.7 Å². The Kier molecular flexibility index (Phi) is 3.16. The largest absolute Gasteiger partial charge is 0.461 e. The van der Waals surface area contributed by atoms with Crippen LogP contribution in [0.4, 0.5) is 5.95 Å². The molecule has 4 rings (SSSR count). The van der Waals surface area contributed by atoms with Gasteiger partial charge in [-0.1, -0.05) is 6.07 Å². The third-order valence-corrected chi connectivity index (χ3v) is 3.83. The van der Waals surface area contributed by atoms with Crippen LogP contribution < -0.4 is 11.1 Å². The van der Waals surface area contributed by atoms with E-state index in [-0.39, 0.29) is 0 Å². The van der Waals surface area contributed by atoms with E-state index in [1.54, 1.807) is 36.2 Å². The summed E-state index contributed by atoms with van der Waals surface area (Å²) in [7, 11) is 0. The van der Waals surface area contributed by atoms with Crippen LogP contribution in [0.3, 0.4) is 0 Å². The van der Waals surface area contributed by atoms with Crippen LogP contribution in [0.25, 0.3) is 11.6 Å². The summed E-state index contributed by atoms with van der Waals surface area (Å²) in [5.74, 6) is 0.926. The van der Waals surface area contributed by atoms with Crippen molar-refractivity contribution in [2.24, 2.45) is 5.73 Å². The first kappa shape index (κ1) is 14.2. The van der Waals surface area contributed by atoms with E-state index < -0.39 is 11.9 Å². The molecule has 1 aliphatic heterocycles. The van der Waals surface area contributed by atoms with Gasteiger partial charge in [-0.25, -0.2) is 4.68 Å². The van der Waals surface area contributed by atoms with Crippen molar-refractivity contribution in [1.29, 1.82) is 0 Å². The number of nitrogens with two attached hydrogens (primary N) is 1. The predicted octanol–water partition coefficient (Wildman–Crippen LogP) is 1.71. The number of furan rings is 1. The Hall–Kier alpha value is -3.42. The number of rotatable bonds is 3. The summed E-state index contributed by atoms with van der Waals surface area (Å²) in [6.07, 6.45) is 3.21. The molecule has 0 bridgehead atoms. The van der Waals surface area contributed by atoms with Crippen molar-refractivity contribution in [3.8, 4) is 11.6 Å². The van der Waals surface area contributed by atoms with Crippen LogP contribution in [0.2, 0.25) is 0 Å². The molecule has 0 fully saturated rings. The fourth-order valence-corrected chi connectivity index (χ4v) is 2.79. The second-order valence-electron chi connectivity index (χ2n) is 5.37. The highest BCUT2D eigenvalue weighted by molar-refractivity contribution is 5.95. The van der Waals surface area contributed by atoms with Crippen molar-refractivity contribution >= 4 is 11.9 Å². The molecule has 3 aromatic heterocycles. The Morgan fingerprint density at radius 3 is 2.88 bits per heavy atom. The summed E-state index contributed by atoms with van der Waals surface area (Å²) >= 11 is 0. The highest BCUT2D eigenvalue weighted by Crippen LogP contribution is 2.35. The maximum atomic E-state index is 12.0. The number of nitrogens with one attached hydrogen (secondary N) is 1. The van der Waals surface area contributed by atoms with Gasteiger partial charge in [0.05, 0.1) is 17.5 Å². The molecule has 3 N–H and O–H groups in total. The summed E-state index contributed by atoms with van der Waals surface area (Å²) in [5, 5.41) is 7.56. The second-order valence-corrected chi connectivity index (χ2v) is 5.37. The fourth-order valence-electron chi connectivity index (χ4n) is 2.79. The maximum Gasteiger partial charge on any atom is 0.248 e. The molecule has 0 spiro atoms. The van der Waals surface area contributed by atoms with E-state index in [4.69, 9.17) is 10.2 Å². The lowest BCUT2D eigenvalue weighted by Crippen LogP contribution is -2.32. The van der Waals surface area contributed by atoms with Gasteiger partial charge in [-0.3, -0.25) is 9.78 Å². The smallest absolute Gasteiger partial charge is 0.248 e. The summed E-state index contributed by atoms with van der Waals surface area (Å²) in [6.45, 7) is 1.78. The zero-order valence-corrected chi connectivity index (χ0v) is 12.8. The molecule has 1 unspecified atom stereocenters. The summed E-state index contributed by atoms with van der Waals surface area (Å²) in [4.78, 5) is 20.8. The van der Waals surface area contributed by atoms with Crippen LogP contribution in [0.1, 0.15) is 18.7 Å². The topological polar surface area (TPSA) is 112 Å². The Labute approximate surface area is 137 Å². The molecule has 3 aromatic rings. The minimum Gasteiger partial charge on any atom is -0.461 e. The first-order chi connectivity index (χ1) is 11.6. The van der Waals surface area contributed by atoms with E-state index in [1.165, 1.54) is 0 Å². The van der Waals surface area contributed by atoms with Crippen molar-refractivity contribution in [3.63, 3.8) is 0 Å². The average molecular weight is 322 g/mol. The zero-order valence-electron chi connectivity index (χ0n) is 12.8. The Morgan fingerprint density at radius 2 is 2.21 bits per heavy atom. The molecule has 120 valence electrons. The molecule has 1 aliphatic rings. The lowest BCUT2D eigenvalue weighted by atomic mass is 9.99. The van der Waals surface area contributed by atoms with Crippen LogP contribution in [0, 0.1) is 0 Å². The number of amides is 1. The first-order valence-electron chi connectivity index (χ1n) is 7.34. The number of primary amides is 1. The van der Waals surface area contributed by atoms with Crippen molar-refractivity contribution < 1.29 is 9.21 Å². The number of hydrogen-bond donors (Lipinski definition) is 2. The summed E-state index contributed by atoms with van der Waals surface area (Å²) < 4.78 is 6.96. The van der Waals surface area contributed by atoms with E-state index in [0.29, 0.717) is 34.5 Å². The number of nitrogens with zero attached hydrogens (tertiary/aromatic N) is 4. The van der Waals surface area contributed by atoms with E-state index in [9.17, 15) is 4.79 Å². The summed E-state index contributed by atoms with van der Waals surface area (Å²) in [5.41, 5.74) is 7.28. The van der Waals surface area contributed by atoms with Crippen molar-refractivity contribution in [1.82, 2.24) is 19.7 Å². The van der Waals surface area contributed by atoms with Gasteiger partial charge in [0.2, 0.25) is 17.7 Å². The van der Waals surface area contributed by atoms with Gasteiger partial charge in [-0.15, -0.1) is 5.10 Å². The van der Waals surface area contributed by atoms with Gasteiger partial charge in [0.25, 0.3) is 0 Å². The Morgan fingerprint density at radius 1 is 1.33 bits per heavy atom. The number of carbonyl (C=O) groups is 1. The Bertz CT molecular complexity index is 927. The molecule has 0 aliphatic carbocycles. The molecule has 0 saturated carbocycles. The standard InChI is InChI=1S/C16H14N6O2/c1-9-12(14(17)23)13(10-5-2-3-7-18-10)22-16(19-9)20-15(21-22)11-6-4-8-24-11/h2-8,13H,1H3,(H2,17,23)(H,19,20,21). The van der Waals surface area contributed by atoms with Crippen molar-refractivity contribution in [2.45, 2.75) is 13.0 Å². The van der Waals surface area contributed by atoms with Gasteiger partial charge in [0, 0.05) is 11.9 Å². The van der Waals surface area contributed by atoms with Gasteiger partial charge in [-0.2, -0.15) is 4.98 Å². The Balaban J connectivity index is 1.90. The summed E-state index contributed by atoms with van der Waals surface area (Å²) in [6, 6.07) is 8.47. The van der Waals surface area contributed by atoms with E-state index >= 15 is 0 Å². The number of fused-ring (bicyclic) bond motifs is 1. The number of allylic oxidation sites excluding steroid dienone is 1. The third kappa shape index (κ3) is 2.16. The zero-order chi connectivity index (χ0) is 16.7. The van der Waals surface area contributed by atoms with Crippen molar-refractivity contribution in [2.75, 3.05) is 5.32 Å². The van der Waals surface area contributed by atoms with Gasteiger partial charge in [0.1, 0.15) is 6.04 Å². The number of aromatic nitrogens is 4. The molecule has 0 radical (unpaired) electrons. The van der Waals surface area contributed by atoms with E-state index in [1.807, 2.05) is 18.2 Å². The van der Waals surface area contributed by atoms with E-state index in [0.717, 1.165) is 0 Å². The molecular formula is C16H14N6O2. The lowest BCUT2D eigenvalue weighted by Gasteiger charge is -2.26. The number of hydrogen-bond acceptors (Lipinski definition) is 6. The quantitative estimate of drug-likeness (QED) is 0.759. The molecule has 1 atom stereocenters. The van der Waals surface area contributed by atoms with Gasteiger partial charge >= 0.3 is 0 Å². The molecule has 24 heavy (non-hydrogen) atoms. The molecule has 1 amide bonds. The second kappa shape index (κ2) is 5.34. The maximum absolute atomic E-state index is 12.0. The molecule has 8 heteroatoms. The fraction of sp³-hybridized carbons (Fsp3) is 0.125. The predicted molar refractivity (Wildman–Crippen MR) is 85.6 cm³/mol. The van der Waals surface area contributed by atoms with Crippen LogP contribution in [0.15, 0.2) is 58.5 Å². The van der Waals surface area contributed by atoms with Crippen LogP contribution in [-0.2, 0) is 4.79 Å². The lowest BCUT2D eigenvalue weighted by molar-refractivity contribution is -0.115. The normalized spacial score (nSPS) is 16.6. The van der Waals surface area contributed by atoms with Gasteiger partial charge < -0.3 is 15.5 Å². The molecule has 0 saturated heterocycles. The van der Waals surface area contributed by atoms with Gasteiger partial charge in [-0.05, 0) is 31.2 Å². The molecule has 8 nitrogen and oxygen atoms in total. The van der Waals surface area contributed by atoms with Gasteiger partial charge in [0.15, 0.2) is 5.76 Å². The molecular weight excluding hydrogens is 308 g/mol. The SMILES string of the molecule is CC1=C(C(N)=O)C(c2ccccn2)n2nc(-c3ccco3)nc2N1. The third-order valence-electron chi connectivity index (χ3n) is 3.83. The highest BCUT2D eigenvalue weighted by Gasteiger charge is 2.34. The number of pyridine rings is 1. The molecule has 4 heterocycles. The van der Waals surface area contributed by atoms with Crippen molar-refractivity contribution in [3.05, 3.63) is 59.8 Å². The average Bonchev–Trinajstić information content (AvgIpc) is 3.23. The van der Waals surface area contributed by atoms with E-state index in [2.05, 4.69) is 20.4 Å². The number of carbonyl (C=O) groups excluding carboxylic acids is 1. The monoisotopic (exact) mass is 322 g/mol. The first-order valence-corrected chi connectivity index (χ1v) is 7.34. The van der Waals surface area contributed by atoms with Crippen LogP contribution >= 0.6 is 0 Å². The minimum absolute atomic E-state index is 0.400. The van der Waals surface area contributed by atoms with Crippen LogP contribution in [0.5, 0.6) is 0 Å². The number of anilines is 1. The highest BCUT2D eigenvalue weighted by atomic mass is 16.3.